The second-order valence-electron chi connectivity index (χ2n) is 3.65. The van der Waals surface area contributed by atoms with Gasteiger partial charge in [-0.1, -0.05) is 0 Å². The molecule has 1 heterocycles. The van der Waals surface area contributed by atoms with Gasteiger partial charge in [-0.05, 0) is 44.2 Å². The zero-order valence-electron chi connectivity index (χ0n) is 8.79. The van der Waals surface area contributed by atoms with Crippen LogP contribution in [0.1, 0.15) is 11.4 Å². The fraction of sp³-hybridized carbons (Fsp3) is 0.167. The lowest BCUT2D eigenvalue weighted by Crippen LogP contribution is -2.03. The van der Waals surface area contributed by atoms with E-state index in [1.165, 1.54) is 12.1 Å². The van der Waals surface area contributed by atoms with Gasteiger partial charge in [-0.2, -0.15) is 0 Å². The molecule has 0 aliphatic heterocycles. The first-order chi connectivity index (χ1) is 7.09. The van der Waals surface area contributed by atoms with E-state index in [1.807, 2.05) is 30.5 Å². The number of aromatic nitrogens is 1. The lowest BCUT2D eigenvalue weighted by molar-refractivity contribution is 0.628. The summed E-state index contributed by atoms with van der Waals surface area (Å²) in [7, 11) is 0. The molecule has 2 nitrogen and oxygen atoms in total. The maximum Gasteiger partial charge on any atom is 0.125 e. The normalized spacial score (nSPS) is 10.6. The van der Waals surface area contributed by atoms with Crippen LogP contribution in [0.3, 0.4) is 0 Å². The molecule has 0 unspecified atom stereocenters. The molecule has 2 N–H and O–H groups in total. The zero-order chi connectivity index (χ0) is 11.0. The van der Waals surface area contributed by atoms with Crippen molar-refractivity contribution in [3.05, 3.63) is 47.5 Å². The SMILES string of the molecule is Cc1ccc(C)n1-c1ccc(F)cc1N. The minimum absolute atomic E-state index is 0.307. The summed E-state index contributed by atoms with van der Waals surface area (Å²) in [6.45, 7) is 3.99. The van der Waals surface area contributed by atoms with Crippen LogP contribution in [0.4, 0.5) is 10.1 Å². The number of benzene rings is 1. The van der Waals surface area contributed by atoms with Crippen molar-refractivity contribution in [2.75, 3.05) is 5.73 Å². The first kappa shape index (κ1) is 9.77. The summed E-state index contributed by atoms with van der Waals surface area (Å²) < 4.78 is 14.9. The van der Waals surface area contributed by atoms with Gasteiger partial charge in [0.25, 0.3) is 0 Å². The van der Waals surface area contributed by atoms with Crippen molar-refractivity contribution in [3.63, 3.8) is 0 Å². The number of aryl methyl sites for hydroxylation is 2. The predicted molar refractivity (Wildman–Crippen MR) is 59.6 cm³/mol. The molecule has 1 aromatic carbocycles. The number of rotatable bonds is 1. The van der Waals surface area contributed by atoms with Crippen molar-refractivity contribution in [2.45, 2.75) is 13.8 Å². The third kappa shape index (κ3) is 1.61. The number of nitrogens with two attached hydrogens (primary N) is 1. The predicted octanol–water partition coefficient (Wildman–Crippen LogP) is 2.82. The summed E-state index contributed by atoms with van der Waals surface area (Å²) in [5.74, 6) is -0.307. The maximum atomic E-state index is 12.9. The van der Waals surface area contributed by atoms with Crippen LogP contribution in [0.15, 0.2) is 30.3 Å². The van der Waals surface area contributed by atoms with Crippen molar-refractivity contribution in [3.8, 4) is 5.69 Å². The Morgan fingerprint density at radius 2 is 1.67 bits per heavy atom. The molecular formula is C12H13FN2. The highest BCUT2D eigenvalue weighted by Crippen LogP contribution is 2.22. The molecule has 78 valence electrons. The van der Waals surface area contributed by atoms with E-state index in [0.29, 0.717) is 5.69 Å². The molecule has 0 amide bonds. The van der Waals surface area contributed by atoms with Gasteiger partial charge < -0.3 is 10.3 Å². The topological polar surface area (TPSA) is 30.9 Å². The van der Waals surface area contributed by atoms with E-state index in [1.54, 1.807) is 6.07 Å². The quantitative estimate of drug-likeness (QED) is 0.711. The van der Waals surface area contributed by atoms with Crippen LogP contribution >= 0.6 is 0 Å². The molecule has 2 rings (SSSR count). The monoisotopic (exact) mass is 204 g/mol. The average molecular weight is 204 g/mol. The van der Waals surface area contributed by atoms with Crippen LogP contribution in [0.25, 0.3) is 5.69 Å². The minimum Gasteiger partial charge on any atom is -0.397 e. The maximum absolute atomic E-state index is 12.9. The third-order valence-electron chi connectivity index (χ3n) is 2.50. The third-order valence-corrected chi connectivity index (χ3v) is 2.50. The molecule has 0 saturated carbocycles. The van der Waals surface area contributed by atoms with Crippen molar-refractivity contribution < 1.29 is 4.39 Å². The summed E-state index contributed by atoms with van der Waals surface area (Å²) in [5.41, 5.74) is 9.25. The van der Waals surface area contributed by atoms with Crippen molar-refractivity contribution >= 4 is 5.69 Å². The Bertz CT molecular complexity index is 481. The number of nitrogen functional groups attached to an aromatic ring is 1. The highest BCUT2D eigenvalue weighted by Gasteiger charge is 2.07. The molecule has 0 atom stereocenters. The van der Waals surface area contributed by atoms with E-state index in [4.69, 9.17) is 5.73 Å². The lowest BCUT2D eigenvalue weighted by Gasteiger charge is -2.11. The smallest absolute Gasteiger partial charge is 0.125 e. The van der Waals surface area contributed by atoms with E-state index in [9.17, 15) is 4.39 Å². The van der Waals surface area contributed by atoms with Crippen LogP contribution in [0.2, 0.25) is 0 Å². The van der Waals surface area contributed by atoms with Gasteiger partial charge in [0.2, 0.25) is 0 Å². The van der Waals surface area contributed by atoms with Crippen LogP contribution in [0.5, 0.6) is 0 Å². The molecule has 1 aromatic heterocycles. The first-order valence-corrected chi connectivity index (χ1v) is 4.80. The average Bonchev–Trinajstić information content (AvgIpc) is 2.48. The molecule has 0 radical (unpaired) electrons. The molecule has 2 aromatic rings. The number of nitrogens with zero attached hydrogens (tertiary/aromatic N) is 1. The minimum atomic E-state index is -0.307. The number of hydrogen-bond donors (Lipinski definition) is 1. The van der Waals surface area contributed by atoms with Crippen LogP contribution in [0, 0.1) is 19.7 Å². The van der Waals surface area contributed by atoms with E-state index in [0.717, 1.165) is 17.1 Å². The fourth-order valence-corrected chi connectivity index (χ4v) is 1.78. The summed E-state index contributed by atoms with van der Waals surface area (Å²) in [5, 5.41) is 0. The first-order valence-electron chi connectivity index (χ1n) is 4.80. The van der Waals surface area contributed by atoms with Gasteiger partial charge in [0.15, 0.2) is 0 Å². The number of anilines is 1. The molecule has 0 saturated heterocycles. The second kappa shape index (κ2) is 3.42. The largest absolute Gasteiger partial charge is 0.397 e. The lowest BCUT2D eigenvalue weighted by atomic mass is 10.2. The fourth-order valence-electron chi connectivity index (χ4n) is 1.78. The Hall–Kier alpha value is -1.77. The van der Waals surface area contributed by atoms with Gasteiger partial charge >= 0.3 is 0 Å². The Morgan fingerprint density at radius 3 is 2.20 bits per heavy atom. The standard InChI is InChI=1S/C12H13FN2/c1-8-3-4-9(2)15(8)12-6-5-10(13)7-11(12)14/h3-7H,14H2,1-2H3. The van der Waals surface area contributed by atoms with Crippen LogP contribution in [-0.4, -0.2) is 4.57 Å². The summed E-state index contributed by atoms with van der Waals surface area (Å²) >= 11 is 0. The van der Waals surface area contributed by atoms with Gasteiger partial charge in [-0.15, -0.1) is 0 Å². The molecule has 0 spiro atoms. The molecular weight excluding hydrogens is 191 g/mol. The van der Waals surface area contributed by atoms with Crippen LogP contribution < -0.4 is 5.73 Å². The van der Waals surface area contributed by atoms with Gasteiger partial charge in [0, 0.05) is 11.4 Å². The summed E-state index contributed by atoms with van der Waals surface area (Å²) in [4.78, 5) is 0. The second-order valence-corrected chi connectivity index (χ2v) is 3.65. The van der Waals surface area contributed by atoms with Gasteiger partial charge in [0.1, 0.15) is 5.82 Å². The Morgan fingerprint density at radius 1 is 1.07 bits per heavy atom. The number of hydrogen-bond acceptors (Lipinski definition) is 1. The molecule has 0 fully saturated rings. The van der Waals surface area contributed by atoms with E-state index in [2.05, 4.69) is 0 Å². The van der Waals surface area contributed by atoms with Gasteiger partial charge in [-0.3, -0.25) is 0 Å². The van der Waals surface area contributed by atoms with Crippen molar-refractivity contribution in [1.82, 2.24) is 4.57 Å². The Balaban J connectivity index is 2.64. The zero-order valence-corrected chi connectivity index (χ0v) is 8.79. The molecule has 3 heteroatoms. The summed E-state index contributed by atoms with van der Waals surface area (Å²) in [6, 6.07) is 8.49. The van der Waals surface area contributed by atoms with Crippen LogP contribution in [-0.2, 0) is 0 Å². The molecule has 0 bridgehead atoms. The van der Waals surface area contributed by atoms with Gasteiger partial charge in [-0.25, -0.2) is 4.39 Å². The number of halogens is 1. The van der Waals surface area contributed by atoms with Gasteiger partial charge in [0.05, 0.1) is 11.4 Å². The Labute approximate surface area is 88.1 Å². The highest BCUT2D eigenvalue weighted by molar-refractivity contribution is 5.59. The Kier molecular flexibility index (Phi) is 2.23. The van der Waals surface area contributed by atoms with Crippen molar-refractivity contribution in [1.29, 1.82) is 0 Å². The van der Waals surface area contributed by atoms with Crippen molar-refractivity contribution in [2.24, 2.45) is 0 Å². The van der Waals surface area contributed by atoms with E-state index in [-0.39, 0.29) is 5.82 Å². The molecule has 0 aliphatic carbocycles. The highest BCUT2D eigenvalue weighted by atomic mass is 19.1. The molecule has 15 heavy (non-hydrogen) atoms. The molecule has 0 aliphatic rings. The van der Waals surface area contributed by atoms with E-state index >= 15 is 0 Å². The van der Waals surface area contributed by atoms with E-state index < -0.39 is 0 Å². The summed E-state index contributed by atoms with van der Waals surface area (Å²) in [6.07, 6.45) is 0.